The maximum absolute atomic E-state index is 12.3. The number of nitrogens with zero attached hydrogens (tertiary/aromatic N) is 1. The summed E-state index contributed by atoms with van der Waals surface area (Å²) in [5.41, 5.74) is 2.63. The van der Waals surface area contributed by atoms with Crippen LogP contribution in [-0.4, -0.2) is 28.8 Å². The third-order valence-electron chi connectivity index (χ3n) is 3.71. The van der Waals surface area contributed by atoms with Crippen LogP contribution in [0.4, 0.5) is 0 Å². The Kier molecular flexibility index (Phi) is 2.62. The van der Waals surface area contributed by atoms with E-state index >= 15 is 0 Å². The van der Waals surface area contributed by atoms with Crippen LogP contribution >= 0.6 is 0 Å². The van der Waals surface area contributed by atoms with Gasteiger partial charge in [0, 0.05) is 18.5 Å². The molecule has 0 bridgehead atoms. The Morgan fingerprint density at radius 3 is 2.74 bits per heavy atom. The first-order chi connectivity index (χ1) is 9.08. The van der Waals surface area contributed by atoms with E-state index in [0.29, 0.717) is 18.5 Å². The second-order valence-electron chi connectivity index (χ2n) is 4.88. The number of carbonyl (C=O) groups excluding carboxylic acids is 3. The highest BCUT2D eigenvalue weighted by atomic mass is 16.6. The number of amides is 1. The number of benzene rings is 1. The summed E-state index contributed by atoms with van der Waals surface area (Å²) in [6.45, 7) is 2.35. The molecule has 2 heterocycles. The quantitative estimate of drug-likeness (QED) is 0.561. The lowest BCUT2D eigenvalue weighted by molar-refractivity contribution is -0.167. The van der Waals surface area contributed by atoms with Crippen LogP contribution in [0.15, 0.2) is 18.2 Å². The Morgan fingerprint density at radius 2 is 2.05 bits per heavy atom. The van der Waals surface area contributed by atoms with Gasteiger partial charge in [0.1, 0.15) is 6.04 Å². The van der Waals surface area contributed by atoms with Gasteiger partial charge < -0.3 is 9.64 Å². The number of hydrogen-bond donors (Lipinski definition) is 0. The second-order valence-corrected chi connectivity index (χ2v) is 4.88. The average Bonchev–Trinajstić information content (AvgIpc) is 2.69. The molecule has 0 spiro atoms. The van der Waals surface area contributed by atoms with Crippen molar-refractivity contribution in [3.8, 4) is 0 Å². The molecule has 0 radical (unpaired) electrons. The Balaban J connectivity index is 1.90. The molecule has 3 rings (SSSR count). The minimum atomic E-state index is -0.642. The van der Waals surface area contributed by atoms with E-state index in [2.05, 4.69) is 4.74 Å². The molecule has 1 amide bonds. The summed E-state index contributed by atoms with van der Waals surface area (Å²) in [5, 5.41) is 0. The van der Waals surface area contributed by atoms with Crippen LogP contribution in [-0.2, 0) is 20.9 Å². The number of hydrogen-bond acceptors (Lipinski definition) is 4. The van der Waals surface area contributed by atoms with Gasteiger partial charge in [-0.2, -0.15) is 0 Å². The van der Waals surface area contributed by atoms with Crippen molar-refractivity contribution >= 4 is 17.8 Å². The van der Waals surface area contributed by atoms with Crippen molar-refractivity contribution in [2.45, 2.75) is 32.4 Å². The van der Waals surface area contributed by atoms with Crippen molar-refractivity contribution in [2.24, 2.45) is 0 Å². The van der Waals surface area contributed by atoms with Gasteiger partial charge in [0.15, 0.2) is 0 Å². The Bertz CT molecular complexity index is 593. The van der Waals surface area contributed by atoms with E-state index in [1.54, 1.807) is 6.07 Å². The fourth-order valence-corrected chi connectivity index (χ4v) is 2.65. The van der Waals surface area contributed by atoms with Gasteiger partial charge in [0.2, 0.25) is 0 Å². The van der Waals surface area contributed by atoms with Gasteiger partial charge in [-0.3, -0.25) is 9.59 Å². The predicted molar refractivity (Wildman–Crippen MR) is 65.2 cm³/mol. The van der Waals surface area contributed by atoms with Crippen LogP contribution < -0.4 is 0 Å². The first-order valence-electron chi connectivity index (χ1n) is 6.22. The van der Waals surface area contributed by atoms with E-state index in [-0.39, 0.29) is 12.3 Å². The van der Waals surface area contributed by atoms with Crippen molar-refractivity contribution in [3.05, 3.63) is 34.9 Å². The SMILES string of the molecule is Cc1cccc2c1CN(C1CCC(=O)OC1=O)C2=O. The molecule has 2 aliphatic rings. The lowest BCUT2D eigenvalue weighted by atomic mass is 10.1. The summed E-state index contributed by atoms with van der Waals surface area (Å²) in [6.07, 6.45) is 0.520. The number of ether oxygens (including phenoxy) is 1. The van der Waals surface area contributed by atoms with Crippen molar-refractivity contribution in [1.29, 1.82) is 0 Å². The van der Waals surface area contributed by atoms with Crippen LogP contribution in [0.25, 0.3) is 0 Å². The number of fused-ring (bicyclic) bond motifs is 1. The molecule has 1 atom stereocenters. The third-order valence-corrected chi connectivity index (χ3v) is 3.71. The van der Waals surface area contributed by atoms with E-state index in [1.165, 1.54) is 4.90 Å². The molecule has 1 unspecified atom stereocenters. The van der Waals surface area contributed by atoms with Crippen LogP contribution in [0.1, 0.15) is 34.3 Å². The van der Waals surface area contributed by atoms with Crippen molar-refractivity contribution in [3.63, 3.8) is 0 Å². The standard InChI is InChI=1S/C14H13NO4/c1-8-3-2-4-9-10(8)7-15(13(9)17)11-5-6-12(16)19-14(11)18/h2-4,11H,5-7H2,1H3. The third kappa shape index (κ3) is 1.82. The zero-order chi connectivity index (χ0) is 13.6. The zero-order valence-corrected chi connectivity index (χ0v) is 10.5. The molecule has 2 aliphatic heterocycles. The summed E-state index contributed by atoms with van der Waals surface area (Å²) in [7, 11) is 0. The lowest BCUT2D eigenvalue weighted by Crippen LogP contribution is -2.46. The summed E-state index contributed by atoms with van der Waals surface area (Å²) in [5.74, 6) is -1.29. The van der Waals surface area contributed by atoms with Gasteiger partial charge in [-0.15, -0.1) is 0 Å². The lowest BCUT2D eigenvalue weighted by Gasteiger charge is -2.28. The molecule has 98 valence electrons. The minimum Gasteiger partial charge on any atom is -0.392 e. The van der Waals surface area contributed by atoms with Crippen molar-refractivity contribution in [2.75, 3.05) is 0 Å². The van der Waals surface area contributed by atoms with E-state index in [9.17, 15) is 14.4 Å². The van der Waals surface area contributed by atoms with Gasteiger partial charge in [0.05, 0.1) is 0 Å². The Morgan fingerprint density at radius 1 is 1.26 bits per heavy atom. The number of esters is 2. The van der Waals surface area contributed by atoms with E-state index in [1.807, 2.05) is 19.1 Å². The summed E-state index contributed by atoms with van der Waals surface area (Å²) < 4.78 is 4.62. The molecule has 1 saturated heterocycles. The van der Waals surface area contributed by atoms with Crippen LogP contribution in [0.2, 0.25) is 0 Å². The normalized spacial score (nSPS) is 22.5. The topological polar surface area (TPSA) is 63.7 Å². The molecular formula is C14H13NO4. The number of cyclic esters (lactones) is 2. The van der Waals surface area contributed by atoms with Gasteiger partial charge in [-0.1, -0.05) is 12.1 Å². The van der Waals surface area contributed by atoms with Crippen molar-refractivity contribution < 1.29 is 19.1 Å². The smallest absolute Gasteiger partial charge is 0.336 e. The molecule has 0 saturated carbocycles. The number of carbonyl (C=O) groups is 3. The highest BCUT2D eigenvalue weighted by molar-refractivity contribution is 6.02. The summed E-state index contributed by atoms with van der Waals surface area (Å²) >= 11 is 0. The zero-order valence-electron chi connectivity index (χ0n) is 10.5. The van der Waals surface area contributed by atoms with E-state index < -0.39 is 18.0 Å². The van der Waals surface area contributed by atoms with Crippen LogP contribution in [0.3, 0.4) is 0 Å². The molecule has 0 N–H and O–H groups in total. The highest BCUT2D eigenvalue weighted by Gasteiger charge is 2.40. The summed E-state index contributed by atoms with van der Waals surface area (Å²) in [4.78, 5) is 36.6. The Hall–Kier alpha value is -2.17. The van der Waals surface area contributed by atoms with Gasteiger partial charge in [-0.25, -0.2) is 4.79 Å². The minimum absolute atomic E-state index is 0.157. The molecule has 19 heavy (non-hydrogen) atoms. The van der Waals surface area contributed by atoms with Crippen LogP contribution in [0, 0.1) is 6.92 Å². The maximum atomic E-state index is 12.3. The average molecular weight is 259 g/mol. The predicted octanol–water partition coefficient (Wildman–Crippen LogP) is 1.18. The summed E-state index contributed by atoms with van der Waals surface area (Å²) in [6, 6.07) is 4.90. The molecule has 0 aliphatic carbocycles. The molecule has 1 aromatic carbocycles. The van der Waals surface area contributed by atoms with Gasteiger partial charge in [-0.05, 0) is 30.5 Å². The molecule has 5 nitrogen and oxygen atoms in total. The van der Waals surface area contributed by atoms with Crippen molar-refractivity contribution in [1.82, 2.24) is 4.90 Å². The molecule has 1 fully saturated rings. The number of aryl methyl sites for hydroxylation is 1. The second kappa shape index (κ2) is 4.19. The number of rotatable bonds is 1. The largest absolute Gasteiger partial charge is 0.392 e. The van der Waals surface area contributed by atoms with Gasteiger partial charge >= 0.3 is 11.9 Å². The van der Waals surface area contributed by atoms with E-state index in [0.717, 1.165) is 11.1 Å². The fraction of sp³-hybridized carbons (Fsp3) is 0.357. The molecule has 1 aromatic rings. The van der Waals surface area contributed by atoms with Gasteiger partial charge in [0.25, 0.3) is 5.91 Å². The van der Waals surface area contributed by atoms with E-state index in [4.69, 9.17) is 0 Å². The molecule has 0 aromatic heterocycles. The highest BCUT2D eigenvalue weighted by Crippen LogP contribution is 2.29. The monoisotopic (exact) mass is 259 g/mol. The molecule has 5 heteroatoms. The Labute approximate surface area is 110 Å². The fourth-order valence-electron chi connectivity index (χ4n) is 2.65. The molecular weight excluding hydrogens is 246 g/mol. The van der Waals surface area contributed by atoms with Crippen LogP contribution in [0.5, 0.6) is 0 Å². The maximum Gasteiger partial charge on any atom is 0.336 e. The first-order valence-corrected chi connectivity index (χ1v) is 6.22. The first kappa shape index (κ1) is 11.9.